The summed E-state index contributed by atoms with van der Waals surface area (Å²) in [6, 6.07) is 4.10. The van der Waals surface area contributed by atoms with Gasteiger partial charge in [0.05, 0.1) is 0 Å². The van der Waals surface area contributed by atoms with Crippen LogP contribution in [0.15, 0.2) is 18.3 Å². The van der Waals surface area contributed by atoms with Crippen molar-refractivity contribution >= 4 is 11.7 Å². The Balaban J connectivity index is 2.06. The molecule has 1 aliphatic rings. The second-order valence-electron chi connectivity index (χ2n) is 4.54. The summed E-state index contributed by atoms with van der Waals surface area (Å²) in [5.41, 5.74) is 1.22. The normalized spacial score (nSPS) is 16.8. The third-order valence-corrected chi connectivity index (χ3v) is 3.17. The zero-order valence-electron chi connectivity index (χ0n) is 10.5. The summed E-state index contributed by atoms with van der Waals surface area (Å²) in [5.74, 6) is 1.19. The molecule has 0 bridgehead atoms. The summed E-state index contributed by atoms with van der Waals surface area (Å²) in [4.78, 5) is 19.9. The molecule has 92 valence electrons. The molecule has 4 nitrogen and oxygen atoms in total. The van der Waals surface area contributed by atoms with Gasteiger partial charge in [-0.25, -0.2) is 4.98 Å². The minimum absolute atomic E-state index is 0.170. The van der Waals surface area contributed by atoms with Crippen molar-refractivity contribution in [3.8, 4) is 0 Å². The maximum absolute atomic E-state index is 11.3. The van der Waals surface area contributed by atoms with Crippen molar-refractivity contribution in [1.29, 1.82) is 0 Å². The van der Waals surface area contributed by atoms with Gasteiger partial charge in [-0.05, 0) is 31.0 Å². The van der Waals surface area contributed by atoms with E-state index in [-0.39, 0.29) is 5.91 Å². The highest BCUT2D eigenvalue weighted by Gasteiger charge is 2.17. The number of aryl methyl sites for hydroxylation is 1. The molecule has 0 aliphatic carbocycles. The number of hydrogen-bond donors (Lipinski definition) is 0. The minimum atomic E-state index is 0.170. The zero-order chi connectivity index (χ0) is 12.3. The van der Waals surface area contributed by atoms with Crippen molar-refractivity contribution in [3.05, 3.63) is 23.9 Å². The lowest BCUT2D eigenvalue weighted by Gasteiger charge is -2.22. The Labute approximate surface area is 102 Å². The molecule has 1 amide bonds. The molecule has 0 spiro atoms. The van der Waals surface area contributed by atoms with Gasteiger partial charge in [-0.15, -0.1) is 0 Å². The molecule has 1 aliphatic heterocycles. The van der Waals surface area contributed by atoms with Gasteiger partial charge in [0.25, 0.3) is 0 Å². The molecule has 1 aromatic rings. The van der Waals surface area contributed by atoms with Crippen LogP contribution in [-0.4, -0.2) is 42.0 Å². The summed E-state index contributed by atoms with van der Waals surface area (Å²) in [5, 5.41) is 0. The third-order valence-electron chi connectivity index (χ3n) is 3.17. The topological polar surface area (TPSA) is 36.4 Å². The van der Waals surface area contributed by atoms with Crippen LogP contribution in [0.2, 0.25) is 0 Å². The fourth-order valence-electron chi connectivity index (χ4n) is 2.15. The Bertz CT molecular complexity index is 405. The molecule has 2 heterocycles. The van der Waals surface area contributed by atoms with E-state index in [2.05, 4.69) is 22.9 Å². The number of carbonyl (C=O) groups excluding carboxylic acids is 1. The number of pyridine rings is 1. The van der Waals surface area contributed by atoms with Gasteiger partial charge in [0.15, 0.2) is 0 Å². The molecule has 0 atom stereocenters. The Hall–Kier alpha value is -1.58. The van der Waals surface area contributed by atoms with E-state index < -0.39 is 0 Å². The van der Waals surface area contributed by atoms with Gasteiger partial charge in [-0.3, -0.25) is 4.79 Å². The molecular weight excluding hydrogens is 214 g/mol. The lowest BCUT2D eigenvalue weighted by molar-refractivity contribution is -0.128. The van der Waals surface area contributed by atoms with Gasteiger partial charge in [-0.1, -0.05) is 0 Å². The summed E-state index contributed by atoms with van der Waals surface area (Å²) in [7, 11) is 0. The van der Waals surface area contributed by atoms with E-state index in [1.807, 2.05) is 17.2 Å². The van der Waals surface area contributed by atoms with Crippen molar-refractivity contribution < 1.29 is 4.79 Å². The van der Waals surface area contributed by atoms with Crippen molar-refractivity contribution in [3.63, 3.8) is 0 Å². The van der Waals surface area contributed by atoms with Crippen molar-refractivity contribution in [2.45, 2.75) is 20.3 Å². The molecule has 0 radical (unpaired) electrons. The fraction of sp³-hybridized carbons (Fsp3) is 0.538. The van der Waals surface area contributed by atoms with Crippen molar-refractivity contribution in [2.75, 3.05) is 31.1 Å². The predicted octanol–water partition coefficient (Wildman–Crippen LogP) is 1.45. The molecule has 1 fully saturated rings. The average molecular weight is 233 g/mol. The Kier molecular flexibility index (Phi) is 3.61. The number of rotatable bonds is 1. The molecule has 1 aromatic heterocycles. The van der Waals surface area contributed by atoms with E-state index in [4.69, 9.17) is 0 Å². The van der Waals surface area contributed by atoms with Gasteiger partial charge >= 0.3 is 0 Å². The quantitative estimate of drug-likeness (QED) is 0.736. The van der Waals surface area contributed by atoms with Crippen molar-refractivity contribution in [1.82, 2.24) is 9.88 Å². The fourth-order valence-corrected chi connectivity index (χ4v) is 2.15. The monoisotopic (exact) mass is 233 g/mol. The largest absolute Gasteiger partial charge is 0.355 e. The molecule has 4 heteroatoms. The van der Waals surface area contributed by atoms with Gasteiger partial charge in [-0.2, -0.15) is 0 Å². The number of hydrogen-bond acceptors (Lipinski definition) is 3. The summed E-state index contributed by atoms with van der Waals surface area (Å²) < 4.78 is 0. The van der Waals surface area contributed by atoms with Crippen LogP contribution >= 0.6 is 0 Å². The molecular formula is C13H19N3O. The van der Waals surface area contributed by atoms with Crippen LogP contribution in [0.1, 0.15) is 18.9 Å². The first-order valence-electron chi connectivity index (χ1n) is 6.10. The smallest absolute Gasteiger partial charge is 0.219 e. The van der Waals surface area contributed by atoms with E-state index >= 15 is 0 Å². The molecule has 0 unspecified atom stereocenters. The van der Waals surface area contributed by atoms with E-state index in [0.29, 0.717) is 0 Å². The molecule has 0 aromatic carbocycles. The van der Waals surface area contributed by atoms with Crippen LogP contribution in [0.5, 0.6) is 0 Å². The van der Waals surface area contributed by atoms with E-state index in [0.717, 1.165) is 38.4 Å². The minimum Gasteiger partial charge on any atom is -0.355 e. The predicted molar refractivity (Wildman–Crippen MR) is 68.1 cm³/mol. The van der Waals surface area contributed by atoms with Crippen LogP contribution in [-0.2, 0) is 4.79 Å². The number of aromatic nitrogens is 1. The van der Waals surface area contributed by atoms with Crippen LogP contribution in [0.4, 0.5) is 5.82 Å². The highest BCUT2D eigenvalue weighted by atomic mass is 16.2. The SMILES string of the molecule is CC(=O)N1CCCN(c2cc(C)ccn2)CC1. The second-order valence-corrected chi connectivity index (χ2v) is 4.54. The van der Waals surface area contributed by atoms with Crippen LogP contribution in [0.25, 0.3) is 0 Å². The number of carbonyl (C=O) groups is 1. The third kappa shape index (κ3) is 2.96. The zero-order valence-corrected chi connectivity index (χ0v) is 10.5. The number of amides is 1. The van der Waals surface area contributed by atoms with Crippen molar-refractivity contribution in [2.24, 2.45) is 0 Å². The van der Waals surface area contributed by atoms with Crippen LogP contribution in [0.3, 0.4) is 0 Å². The van der Waals surface area contributed by atoms with Crippen LogP contribution < -0.4 is 4.90 Å². The first kappa shape index (κ1) is 11.9. The first-order valence-corrected chi connectivity index (χ1v) is 6.10. The maximum atomic E-state index is 11.3. The Morgan fingerprint density at radius 1 is 1.29 bits per heavy atom. The van der Waals surface area contributed by atoms with E-state index in [1.165, 1.54) is 5.56 Å². The van der Waals surface area contributed by atoms with Crippen LogP contribution in [0, 0.1) is 6.92 Å². The highest BCUT2D eigenvalue weighted by molar-refractivity contribution is 5.73. The van der Waals surface area contributed by atoms with Gasteiger partial charge < -0.3 is 9.80 Å². The van der Waals surface area contributed by atoms with Gasteiger partial charge in [0, 0.05) is 39.3 Å². The van der Waals surface area contributed by atoms with E-state index in [1.54, 1.807) is 6.92 Å². The van der Waals surface area contributed by atoms with Gasteiger partial charge in [0.2, 0.25) is 5.91 Å². The molecule has 1 saturated heterocycles. The summed E-state index contributed by atoms with van der Waals surface area (Å²) in [6.45, 7) is 7.21. The highest BCUT2D eigenvalue weighted by Crippen LogP contribution is 2.14. The maximum Gasteiger partial charge on any atom is 0.219 e. The molecule has 0 N–H and O–H groups in total. The lowest BCUT2D eigenvalue weighted by atomic mass is 10.3. The Morgan fingerprint density at radius 3 is 2.82 bits per heavy atom. The van der Waals surface area contributed by atoms with Gasteiger partial charge in [0.1, 0.15) is 5.82 Å². The number of nitrogens with zero attached hydrogens (tertiary/aromatic N) is 3. The van der Waals surface area contributed by atoms with E-state index in [9.17, 15) is 4.79 Å². The lowest BCUT2D eigenvalue weighted by Crippen LogP contribution is -2.33. The standard InChI is InChI=1S/C13H19N3O/c1-11-4-5-14-13(10-11)16-7-3-6-15(8-9-16)12(2)17/h4-5,10H,3,6-9H2,1-2H3. The second kappa shape index (κ2) is 5.17. The summed E-state index contributed by atoms with van der Waals surface area (Å²) in [6.07, 6.45) is 2.85. The molecule has 2 rings (SSSR count). The Morgan fingerprint density at radius 2 is 2.12 bits per heavy atom. The number of anilines is 1. The average Bonchev–Trinajstić information content (AvgIpc) is 2.54. The summed E-state index contributed by atoms with van der Waals surface area (Å²) >= 11 is 0. The first-order chi connectivity index (χ1) is 8.16. The molecule has 17 heavy (non-hydrogen) atoms. The molecule has 0 saturated carbocycles.